The summed E-state index contributed by atoms with van der Waals surface area (Å²) in [5.74, 6) is 0.456. The topological polar surface area (TPSA) is 97.3 Å². The summed E-state index contributed by atoms with van der Waals surface area (Å²) >= 11 is 6.15. The number of hydrazone groups is 1. The first-order valence-corrected chi connectivity index (χ1v) is 12.4. The second-order valence-electron chi connectivity index (χ2n) is 7.56. The Balaban J connectivity index is 1.89. The van der Waals surface area contributed by atoms with Crippen LogP contribution < -0.4 is 19.2 Å². The molecular formula is C25H26ClN3O5S. The maximum atomic E-state index is 13.5. The molecule has 1 N–H and O–H groups in total. The number of nitrogens with one attached hydrogen (secondary N) is 1. The van der Waals surface area contributed by atoms with Gasteiger partial charge in [0.2, 0.25) is 0 Å². The molecule has 35 heavy (non-hydrogen) atoms. The lowest BCUT2D eigenvalue weighted by atomic mass is 10.1. The van der Waals surface area contributed by atoms with E-state index >= 15 is 0 Å². The molecule has 3 aromatic carbocycles. The first kappa shape index (κ1) is 26.1. The summed E-state index contributed by atoms with van der Waals surface area (Å²) in [5.41, 5.74) is 4.58. The number of hydrogen-bond donors (Lipinski definition) is 1. The number of benzene rings is 3. The van der Waals surface area contributed by atoms with Gasteiger partial charge in [-0.2, -0.15) is 5.10 Å². The number of ether oxygens (including phenoxy) is 2. The highest BCUT2D eigenvalue weighted by atomic mass is 35.5. The molecule has 0 unspecified atom stereocenters. The van der Waals surface area contributed by atoms with Crippen molar-refractivity contribution in [2.45, 2.75) is 18.7 Å². The van der Waals surface area contributed by atoms with Crippen molar-refractivity contribution in [3.05, 3.63) is 82.9 Å². The van der Waals surface area contributed by atoms with Crippen LogP contribution >= 0.6 is 11.6 Å². The van der Waals surface area contributed by atoms with Gasteiger partial charge in [-0.3, -0.25) is 9.10 Å². The number of carbonyl (C=O) groups is 1. The van der Waals surface area contributed by atoms with E-state index in [9.17, 15) is 13.2 Å². The van der Waals surface area contributed by atoms with Gasteiger partial charge >= 0.3 is 0 Å². The predicted molar refractivity (Wildman–Crippen MR) is 137 cm³/mol. The van der Waals surface area contributed by atoms with Crippen LogP contribution in [0.4, 0.5) is 5.69 Å². The standard InChI is InChI=1S/C25H26ClN3O5S/c1-17-10-12-20(26)15-22(17)29(35(31,32)21-8-6-5-7-9-21)16-25(30)28-27-18(2)19-11-13-23(33-3)24(14-19)34-4/h5-15H,16H2,1-4H3,(H,28,30)/b27-18-. The van der Waals surface area contributed by atoms with Crippen molar-refractivity contribution in [1.82, 2.24) is 5.43 Å². The molecule has 3 rings (SSSR count). The van der Waals surface area contributed by atoms with Gasteiger partial charge in [0.25, 0.3) is 15.9 Å². The van der Waals surface area contributed by atoms with Crippen LogP contribution in [0.1, 0.15) is 18.1 Å². The van der Waals surface area contributed by atoms with Gasteiger partial charge in [0, 0.05) is 10.6 Å². The Morgan fingerprint density at radius 3 is 2.34 bits per heavy atom. The van der Waals surface area contributed by atoms with E-state index < -0.39 is 22.5 Å². The summed E-state index contributed by atoms with van der Waals surface area (Å²) in [6.45, 7) is 2.96. The van der Waals surface area contributed by atoms with Crippen molar-refractivity contribution >= 4 is 38.9 Å². The van der Waals surface area contributed by atoms with Crippen LogP contribution in [0.5, 0.6) is 11.5 Å². The highest BCUT2D eigenvalue weighted by Crippen LogP contribution is 2.30. The third kappa shape index (κ3) is 6.12. The van der Waals surface area contributed by atoms with E-state index in [1.165, 1.54) is 32.4 Å². The SMILES string of the molecule is COc1ccc(/C(C)=N\NC(=O)CN(c2cc(Cl)ccc2C)S(=O)(=O)c2ccccc2)cc1OC. The van der Waals surface area contributed by atoms with Gasteiger partial charge < -0.3 is 9.47 Å². The van der Waals surface area contributed by atoms with Crippen LogP contribution in [0, 0.1) is 6.92 Å². The summed E-state index contributed by atoms with van der Waals surface area (Å²) < 4.78 is 38.5. The third-order valence-corrected chi connectivity index (χ3v) is 7.22. The van der Waals surface area contributed by atoms with E-state index in [2.05, 4.69) is 10.5 Å². The van der Waals surface area contributed by atoms with Gasteiger partial charge in [0.1, 0.15) is 6.54 Å². The molecule has 10 heteroatoms. The molecule has 8 nitrogen and oxygen atoms in total. The van der Waals surface area contributed by atoms with Crippen molar-refractivity contribution in [2.24, 2.45) is 5.10 Å². The molecular weight excluding hydrogens is 490 g/mol. The van der Waals surface area contributed by atoms with Gasteiger partial charge in [-0.25, -0.2) is 13.8 Å². The molecule has 0 fully saturated rings. The molecule has 1 amide bonds. The molecule has 0 saturated carbocycles. The number of anilines is 1. The number of methoxy groups -OCH3 is 2. The van der Waals surface area contributed by atoms with Gasteiger partial charge in [0.05, 0.1) is 30.5 Å². The van der Waals surface area contributed by atoms with E-state index in [1.54, 1.807) is 62.4 Å². The van der Waals surface area contributed by atoms with Gasteiger partial charge in [-0.15, -0.1) is 0 Å². The minimum absolute atomic E-state index is 0.0529. The largest absolute Gasteiger partial charge is 0.493 e. The number of halogens is 1. The Kier molecular flexibility index (Phi) is 8.37. The average Bonchev–Trinajstić information content (AvgIpc) is 2.87. The first-order chi connectivity index (χ1) is 16.7. The molecule has 0 aliphatic carbocycles. The van der Waals surface area contributed by atoms with Crippen LogP contribution in [0.3, 0.4) is 0 Å². The van der Waals surface area contributed by atoms with Crippen molar-refractivity contribution in [3.63, 3.8) is 0 Å². The second kappa shape index (κ2) is 11.2. The lowest BCUT2D eigenvalue weighted by Crippen LogP contribution is -2.40. The average molecular weight is 516 g/mol. The number of aryl methyl sites for hydroxylation is 1. The van der Waals surface area contributed by atoms with Gasteiger partial charge in [-0.05, 0) is 61.9 Å². The molecule has 0 aromatic heterocycles. The minimum Gasteiger partial charge on any atom is -0.493 e. The Morgan fingerprint density at radius 2 is 1.69 bits per heavy atom. The molecule has 0 spiro atoms. The predicted octanol–water partition coefficient (Wildman–Crippen LogP) is 4.40. The Bertz CT molecular complexity index is 1340. The third-order valence-electron chi connectivity index (χ3n) is 5.21. The van der Waals surface area contributed by atoms with Crippen molar-refractivity contribution in [2.75, 3.05) is 25.1 Å². The highest BCUT2D eigenvalue weighted by Gasteiger charge is 2.28. The molecule has 0 atom stereocenters. The highest BCUT2D eigenvalue weighted by molar-refractivity contribution is 7.92. The van der Waals surface area contributed by atoms with E-state index in [0.717, 1.165) is 4.31 Å². The first-order valence-electron chi connectivity index (χ1n) is 10.6. The fourth-order valence-electron chi connectivity index (χ4n) is 3.31. The van der Waals surface area contributed by atoms with E-state index in [4.69, 9.17) is 21.1 Å². The molecule has 0 bridgehead atoms. The maximum absolute atomic E-state index is 13.5. The second-order valence-corrected chi connectivity index (χ2v) is 9.86. The van der Waals surface area contributed by atoms with E-state index in [0.29, 0.717) is 39.0 Å². The number of hydrogen-bond acceptors (Lipinski definition) is 6. The monoisotopic (exact) mass is 515 g/mol. The van der Waals surface area contributed by atoms with E-state index in [1.807, 2.05) is 0 Å². The molecule has 0 heterocycles. The lowest BCUT2D eigenvalue weighted by Gasteiger charge is -2.25. The van der Waals surface area contributed by atoms with Crippen LogP contribution in [0.15, 0.2) is 76.7 Å². The van der Waals surface area contributed by atoms with Crippen LogP contribution in [0.2, 0.25) is 5.02 Å². The molecule has 184 valence electrons. The van der Waals surface area contributed by atoms with E-state index in [-0.39, 0.29) is 4.90 Å². The molecule has 0 radical (unpaired) electrons. The number of rotatable bonds is 9. The summed E-state index contributed by atoms with van der Waals surface area (Å²) in [5, 5.41) is 4.49. The summed E-state index contributed by atoms with van der Waals surface area (Å²) in [6.07, 6.45) is 0. The normalized spacial score (nSPS) is 11.6. The number of nitrogens with zero attached hydrogens (tertiary/aromatic N) is 2. The van der Waals surface area contributed by atoms with Crippen LogP contribution in [0.25, 0.3) is 0 Å². The van der Waals surface area contributed by atoms with Crippen molar-refractivity contribution < 1.29 is 22.7 Å². The molecule has 0 aliphatic heterocycles. The van der Waals surface area contributed by atoms with Gasteiger partial charge in [0.15, 0.2) is 11.5 Å². The fourth-order valence-corrected chi connectivity index (χ4v) is 4.97. The Morgan fingerprint density at radius 1 is 1.00 bits per heavy atom. The van der Waals surface area contributed by atoms with Gasteiger partial charge in [-0.1, -0.05) is 35.9 Å². The number of sulfonamides is 1. The Hall–Kier alpha value is -3.56. The summed E-state index contributed by atoms with van der Waals surface area (Å²) in [4.78, 5) is 12.9. The number of carbonyl (C=O) groups excluding carboxylic acids is 1. The lowest BCUT2D eigenvalue weighted by molar-refractivity contribution is -0.119. The maximum Gasteiger partial charge on any atom is 0.264 e. The zero-order chi connectivity index (χ0) is 25.6. The molecule has 0 aliphatic rings. The smallest absolute Gasteiger partial charge is 0.264 e. The fraction of sp³-hybridized carbons (Fsp3) is 0.200. The quantitative estimate of drug-likeness (QED) is 0.336. The minimum atomic E-state index is -4.06. The van der Waals surface area contributed by atoms with Crippen LogP contribution in [-0.2, 0) is 14.8 Å². The van der Waals surface area contributed by atoms with Crippen LogP contribution in [-0.4, -0.2) is 40.8 Å². The zero-order valence-electron chi connectivity index (χ0n) is 19.8. The zero-order valence-corrected chi connectivity index (χ0v) is 21.4. The molecule has 3 aromatic rings. The summed E-state index contributed by atoms with van der Waals surface area (Å²) in [6, 6.07) is 18.0. The Labute approximate surface area is 210 Å². The van der Waals surface area contributed by atoms with Crippen molar-refractivity contribution in [1.29, 1.82) is 0 Å². The molecule has 0 saturated heterocycles. The van der Waals surface area contributed by atoms with Crippen molar-refractivity contribution in [3.8, 4) is 11.5 Å². The number of amides is 1. The summed E-state index contributed by atoms with van der Waals surface area (Å²) in [7, 11) is -1.00.